The van der Waals surface area contributed by atoms with Gasteiger partial charge in [0.15, 0.2) is 0 Å². The molecule has 0 spiro atoms. The van der Waals surface area contributed by atoms with Crippen LogP contribution in [0.15, 0.2) is 53.4 Å². The predicted octanol–water partition coefficient (Wildman–Crippen LogP) is 4.79. The Morgan fingerprint density at radius 3 is 2.69 bits per heavy atom. The molecule has 0 aliphatic heterocycles. The van der Waals surface area contributed by atoms with Crippen LogP contribution in [0.1, 0.15) is 48.3 Å². The maximum atomic E-state index is 8.99. The largest absolute Gasteiger partial charge is 0.396 e. The number of nitrogens with two attached hydrogens (primary N) is 1. The molecule has 1 unspecified atom stereocenters. The van der Waals surface area contributed by atoms with Crippen LogP contribution >= 0.6 is 11.8 Å². The molecule has 2 aromatic carbocycles. The Hall–Kier alpha value is -1.29. The topological polar surface area (TPSA) is 46.2 Å². The lowest BCUT2D eigenvalue weighted by Gasteiger charge is -2.26. The highest BCUT2D eigenvalue weighted by atomic mass is 32.2. The molecule has 140 valence electrons. The Morgan fingerprint density at radius 1 is 1.08 bits per heavy atom. The molecule has 3 heteroatoms. The van der Waals surface area contributed by atoms with Gasteiger partial charge in [0.2, 0.25) is 0 Å². The Bertz CT molecular complexity index is 673. The van der Waals surface area contributed by atoms with Gasteiger partial charge in [-0.1, -0.05) is 42.8 Å². The van der Waals surface area contributed by atoms with E-state index in [1.165, 1.54) is 46.6 Å². The van der Waals surface area contributed by atoms with E-state index in [4.69, 9.17) is 10.8 Å². The lowest BCUT2D eigenvalue weighted by atomic mass is 9.82. The summed E-state index contributed by atoms with van der Waals surface area (Å²) in [5.74, 6) is 2.41. The molecule has 2 nitrogen and oxygen atoms in total. The standard InChI is InChI=1S/C23H31NOS/c24-16-22(6-4-5-13-25)21-12-11-19-14-18(9-10-20(19)15-21)17-26-23-7-2-1-3-8-23/h1-3,7-8,11-12,15,18,22,25H,4-6,9-10,13-14,16-17,24H2/t18?,22-/m1/s1. The molecule has 0 fully saturated rings. The summed E-state index contributed by atoms with van der Waals surface area (Å²) in [5, 5.41) is 8.99. The maximum absolute atomic E-state index is 8.99. The van der Waals surface area contributed by atoms with Gasteiger partial charge < -0.3 is 10.8 Å². The molecule has 0 radical (unpaired) electrons. The number of thioether (sulfide) groups is 1. The van der Waals surface area contributed by atoms with Crippen LogP contribution in [0.4, 0.5) is 0 Å². The predicted molar refractivity (Wildman–Crippen MR) is 112 cm³/mol. The van der Waals surface area contributed by atoms with Crippen molar-refractivity contribution in [3.63, 3.8) is 0 Å². The molecule has 0 amide bonds. The lowest BCUT2D eigenvalue weighted by Crippen LogP contribution is -2.18. The van der Waals surface area contributed by atoms with Gasteiger partial charge in [0.1, 0.15) is 0 Å². The van der Waals surface area contributed by atoms with E-state index in [0.717, 1.165) is 25.2 Å². The third kappa shape index (κ3) is 5.35. The van der Waals surface area contributed by atoms with Crippen LogP contribution < -0.4 is 5.73 Å². The van der Waals surface area contributed by atoms with Gasteiger partial charge in [-0.15, -0.1) is 11.8 Å². The number of aliphatic hydroxyl groups is 1. The molecule has 0 saturated heterocycles. The fourth-order valence-corrected chi connectivity index (χ4v) is 4.96. The summed E-state index contributed by atoms with van der Waals surface area (Å²) in [6.45, 7) is 0.977. The van der Waals surface area contributed by atoms with Crippen LogP contribution in [0.3, 0.4) is 0 Å². The summed E-state index contributed by atoms with van der Waals surface area (Å²) in [7, 11) is 0. The van der Waals surface area contributed by atoms with Gasteiger partial charge in [-0.2, -0.15) is 0 Å². The Balaban J connectivity index is 1.58. The molecule has 0 aromatic heterocycles. The summed E-state index contributed by atoms with van der Waals surface area (Å²) < 4.78 is 0. The quantitative estimate of drug-likeness (QED) is 0.493. The molecule has 3 N–H and O–H groups in total. The van der Waals surface area contributed by atoms with Gasteiger partial charge in [-0.05, 0) is 79.3 Å². The molecule has 0 saturated carbocycles. The molecule has 1 aliphatic rings. The number of hydrogen-bond acceptors (Lipinski definition) is 3. The summed E-state index contributed by atoms with van der Waals surface area (Å²) in [4.78, 5) is 1.38. The number of aryl methyl sites for hydroxylation is 1. The van der Waals surface area contributed by atoms with Gasteiger partial charge >= 0.3 is 0 Å². The van der Waals surface area contributed by atoms with Crippen molar-refractivity contribution in [2.75, 3.05) is 18.9 Å². The Morgan fingerprint density at radius 2 is 1.92 bits per heavy atom. The minimum Gasteiger partial charge on any atom is -0.396 e. The maximum Gasteiger partial charge on any atom is 0.0431 e. The first-order chi connectivity index (χ1) is 12.8. The van der Waals surface area contributed by atoms with E-state index in [2.05, 4.69) is 48.5 Å². The fraction of sp³-hybridized carbons (Fsp3) is 0.478. The SMILES string of the molecule is NC[C@@H](CCCCO)c1ccc2c(c1)CCC(CSc1ccccc1)C2. The monoisotopic (exact) mass is 369 g/mol. The van der Waals surface area contributed by atoms with Crippen LogP contribution in [-0.2, 0) is 12.8 Å². The molecule has 0 bridgehead atoms. The second-order valence-electron chi connectivity index (χ2n) is 7.41. The third-order valence-electron chi connectivity index (χ3n) is 5.51. The van der Waals surface area contributed by atoms with Crippen LogP contribution in [0.25, 0.3) is 0 Å². The Labute approximate surface area is 162 Å². The zero-order valence-electron chi connectivity index (χ0n) is 15.6. The van der Waals surface area contributed by atoms with Crippen molar-refractivity contribution in [3.8, 4) is 0 Å². The second-order valence-corrected chi connectivity index (χ2v) is 8.51. The third-order valence-corrected chi connectivity index (χ3v) is 6.75. The molecule has 0 heterocycles. The Kier molecular flexibility index (Phi) is 7.60. The van der Waals surface area contributed by atoms with E-state index in [9.17, 15) is 0 Å². The number of unbranched alkanes of at least 4 members (excludes halogenated alkanes) is 1. The number of hydrogen-bond donors (Lipinski definition) is 2. The highest BCUT2D eigenvalue weighted by molar-refractivity contribution is 7.99. The van der Waals surface area contributed by atoms with Crippen molar-refractivity contribution < 1.29 is 5.11 Å². The fourth-order valence-electron chi connectivity index (χ4n) is 3.90. The van der Waals surface area contributed by atoms with Gasteiger partial charge in [0.05, 0.1) is 0 Å². The van der Waals surface area contributed by atoms with Gasteiger partial charge in [0, 0.05) is 17.3 Å². The number of rotatable bonds is 9. The summed E-state index contributed by atoms with van der Waals surface area (Å²) in [6.07, 6.45) is 6.68. The van der Waals surface area contributed by atoms with E-state index >= 15 is 0 Å². The van der Waals surface area contributed by atoms with Crippen LogP contribution in [0, 0.1) is 5.92 Å². The summed E-state index contributed by atoms with van der Waals surface area (Å²) in [6, 6.07) is 17.8. The molecule has 26 heavy (non-hydrogen) atoms. The average Bonchev–Trinajstić information content (AvgIpc) is 2.70. The normalized spacial score (nSPS) is 17.7. The molecule has 2 atom stereocenters. The molecule has 2 aromatic rings. The first kappa shape index (κ1) is 19.5. The highest BCUT2D eigenvalue weighted by Gasteiger charge is 2.20. The van der Waals surface area contributed by atoms with Gasteiger partial charge in [-0.3, -0.25) is 0 Å². The van der Waals surface area contributed by atoms with Crippen molar-refractivity contribution in [2.24, 2.45) is 11.7 Å². The van der Waals surface area contributed by atoms with Gasteiger partial charge in [0.25, 0.3) is 0 Å². The van der Waals surface area contributed by atoms with Crippen LogP contribution in [0.5, 0.6) is 0 Å². The van der Waals surface area contributed by atoms with E-state index in [1.54, 1.807) is 0 Å². The molecular weight excluding hydrogens is 338 g/mol. The minimum absolute atomic E-state index is 0.282. The zero-order chi connectivity index (χ0) is 18.2. The molecule has 3 rings (SSSR count). The first-order valence-corrected chi connectivity index (χ1v) is 10.9. The number of benzene rings is 2. The number of fused-ring (bicyclic) bond motifs is 1. The van der Waals surface area contributed by atoms with Crippen molar-refractivity contribution in [1.29, 1.82) is 0 Å². The van der Waals surface area contributed by atoms with Crippen molar-refractivity contribution >= 4 is 11.8 Å². The van der Waals surface area contributed by atoms with Gasteiger partial charge in [-0.25, -0.2) is 0 Å². The number of aliphatic hydroxyl groups excluding tert-OH is 1. The van der Waals surface area contributed by atoms with Crippen molar-refractivity contribution in [3.05, 3.63) is 65.2 Å². The second kappa shape index (κ2) is 10.1. The smallest absolute Gasteiger partial charge is 0.0431 e. The molecule has 1 aliphatic carbocycles. The van der Waals surface area contributed by atoms with E-state index in [1.807, 2.05) is 11.8 Å². The van der Waals surface area contributed by atoms with Crippen molar-refractivity contribution in [2.45, 2.75) is 49.3 Å². The highest BCUT2D eigenvalue weighted by Crippen LogP contribution is 2.32. The van der Waals surface area contributed by atoms with Crippen LogP contribution in [0.2, 0.25) is 0 Å². The van der Waals surface area contributed by atoms with E-state index in [-0.39, 0.29) is 6.61 Å². The van der Waals surface area contributed by atoms with Crippen LogP contribution in [-0.4, -0.2) is 24.0 Å². The van der Waals surface area contributed by atoms with Crippen molar-refractivity contribution in [1.82, 2.24) is 0 Å². The first-order valence-electron chi connectivity index (χ1n) is 9.90. The summed E-state index contributed by atoms with van der Waals surface area (Å²) >= 11 is 1.99. The minimum atomic E-state index is 0.282. The van der Waals surface area contributed by atoms with E-state index < -0.39 is 0 Å². The lowest BCUT2D eigenvalue weighted by molar-refractivity contribution is 0.281. The molecular formula is C23H31NOS. The van der Waals surface area contributed by atoms with E-state index in [0.29, 0.717) is 12.5 Å². The average molecular weight is 370 g/mol. The zero-order valence-corrected chi connectivity index (χ0v) is 16.4. The summed E-state index contributed by atoms with van der Waals surface area (Å²) in [5.41, 5.74) is 10.5.